The first-order valence-corrected chi connectivity index (χ1v) is 5.73. The Labute approximate surface area is 111 Å². The molecule has 0 aromatic heterocycles. The molecule has 5 heteroatoms. The summed E-state index contributed by atoms with van der Waals surface area (Å²) < 4.78 is 5.31. The van der Waals surface area contributed by atoms with Gasteiger partial charge in [0.15, 0.2) is 0 Å². The average Bonchev–Trinajstić information content (AvgIpc) is 2.34. The summed E-state index contributed by atoms with van der Waals surface area (Å²) in [5.74, 6) is -1.08. The molecule has 5 nitrogen and oxygen atoms in total. The molecule has 0 fully saturated rings. The van der Waals surface area contributed by atoms with Gasteiger partial charge in [0.2, 0.25) is 5.91 Å². The van der Waals surface area contributed by atoms with Crippen LogP contribution in [0.2, 0.25) is 0 Å². The minimum absolute atomic E-state index is 0.507. The highest BCUT2D eigenvalue weighted by Crippen LogP contribution is 2.34. The van der Waals surface area contributed by atoms with Gasteiger partial charge in [0.25, 0.3) is 0 Å². The highest BCUT2D eigenvalue weighted by molar-refractivity contribution is 6.03. The van der Waals surface area contributed by atoms with Gasteiger partial charge in [-0.05, 0) is 37.5 Å². The number of carbonyl (C=O) groups is 2. The second kappa shape index (κ2) is 6.04. The van der Waals surface area contributed by atoms with Crippen LogP contribution in [0.1, 0.15) is 16.7 Å². The molecule has 0 aliphatic heterocycles. The fourth-order valence-electron chi connectivity index (χ4n) is 1.77. The summed E-state index contributed by atoms with van der Waals surface area (Å²) in [6, 6.07) is 1.94. The number of carboxylic acids is 1. The Kier molecular flexibility index (Phi) is 4.69. The van der Waals surface area contributed by atoms with Gasteiger partial charge in [0, 0.05) is 12.2 Å². The van der Waals surface area contributed by atoms with Crippen LogP contribution in [0.5, 0.6) is 5.75 Å². The lowest BCUT2D eigenvalue weighted by atomic mass is 10.0. The molecule has 102 valence electrons. The molecule has 0 atom stereocenters. The van der Waals surface area contributed by atoms with Gasteiger partial charge >= 0.3 is 5.97 Å². The van der Waals surface area contributed by atoms with E-state index in [0.29, 0.717) is 11.4 Å². The summed E-state index contributed by atoms with van der Waals surface area (Å²) in [6.45, 7) is 5.71. The highest BCUT2D eigenvalue weighted by Gasteiger charge is 2.13. The molecule has 0 heterocycles. The maximum atomic E-state index is 11.6. The fourth-order valence-corrected chi connectivity index (χ4v) is 1.77. The molecule has 1 aromatic carbocycles. The number of amides is 1. The van der Waals surface area contributed by atoms with Gasteiger partial charge in [-0.3, -0.25) is 4.79 Å². The number of hydrogen-bond acceptors (Lipinski definition) is 3. The van der Waals surface area contributed by atoms with E-state index in [0.717, 1.165) is 28.8 Å². The smallest absolute Gasteiger partial charge is 0.328 e. The molecule has 19 heavy (non-hydrogen) atoms. The van der Waals surface area contributed by atoms with Gasteiger partial charge in [-0.1, -0.05) is 6.07 Å². The van der Waals surface area contributed by atoms with E-state index in [9.17, 15) is 9.59 Å². The van der Waals surface area contributed by atoms with Crippen molar-refractivity contribution in [3.63, 3.8) is 0 Å². The molecule has 0 bridgehead atoms. The number of carbonyl (C=O) groups excluding carboxylic acids is 1. The van der Waals surface area contributed by atoms with E-state index in [2.05, 4.69) is 5.32 Å². The number of nitrogens with one attached hydrogen (secondary N) is 1. The standard InChI is InChI=1S/C14H17NO4/c1-8-7-9(2)13(14(19-4)10(8)3)15-11(16)5-6-12(17)18/h5-7H,1-4H3,(H,15,16)(H,17,18)/b6-5+. The SMILES string of the molecule is COc1c(C)c(C)cc(C)c1NC(=O)/C=C/C(=O)O. The Morgan fingerprint density at radius 1 is 1.21 bits per heavy atom. The quantitative estimate of drug-likeness (QED) is 0.816. The van der Waals surface area contributed by atoms with E-state index < -0.39 is 11.9 Å². The fraction of sp³-hybridized carbons (Fsp3) is 0.286. The van der Waals surface area contributed by atoms with Crippen molar-refractivity contribution in [2.24, 2.45) is 0 Å². The van der Waals surface area contributed by atoms with Crippen molar-refractivity contribution in [2.75, 3.05) is 12.4 Å². The van der Waals surface area contributed by atoms with Crippen molar-refractivity contribution in [1.29, 1.82) is 0 Å². The highest BCUT2D eigenvalue weighted by atomic mass is 16.5. The minimum atomic E-state index is -1.17. The van der Waals surface area contributed by atoms with E-state index in [4.69, 9.17) is 9.84 Å². The molecule has 1 amide bonds. The molecule has 2 N–H and O–H groups in total. The van der Waals surface area contributed by atoms with E-state index in [1.165, 1.54) is 7.11 Å². The normalized spacial score (nSPS) is 10.5. The van der Waals surface area contributed by atoms with Gasteiger partial charge in [-0.25, -0.2) is 4.79 Å². The predicted molar refractivity (Wildman–Crippen MR) is 72.6 cm³/mol. The first-order chi connectivity index (χ1) is 8.86. The van der Waals surface area contributed by atoms with E-state index in [1.807, 2.05) is 26.8 Å². The first kappa shape index (κ1) is 14.8. The number of rotatable bonds is 4. The number of aliphatic carboxylic acids is 1. The van der Waals surface area contributed by atoms with Crippen molar-refractivity contribution in [3.05, 3.63) is 34.9 Å². The number of methoxy groups -OCH3 is 1. The van der Waals surface area contributed by atoms with Crippen LogP contribution in [-0.2, 0) is 9.59 Å². The lowest BCUT2D eigenvalue weighted by Crippen LogP contribution is -2.12. The zero-order valence-electron chi connectivity index (χ0n) is 11.4. The summed E-state index contributed by atoms with van der Waals surface area (Å²) in [7, 11) is 1.53. The monoisotopic (exact) mass is 263 g/mol. The van der Waals surface area contributed by atoms with Crippen molar-refractivity contribution >= 4 is 17.6 Å². The Balaban J connectivity index is 3.11. The minimum Gasteiger partial charge on any atom is -0.494 e. The molecule has 0 spiro atoms. The second-order valence-electron chi connectivity index (χ2n) is 4.20. The van der Waals surface area contributed by atoms with Gasteiger partial charge in [0.1, 0.15) is 5.75 Å². The van der Waals surface area contributed by atoms with Crippen LogP contribution in [0, 0.1) is 20.8 Å². The Hall–Kier alpha value is -2.30. The molecule has 1 aromatic rings. The zero-order chi connectivity index (χ0) is 14.6. The second-order valence-corrected chi connectivity index (χ2v) is 4.20. The number of anilines is 1. The van der Waals surface area contributed by atoms with Crippen molar-refractivity contribution < 1.29 is 19.4 Å². The number of ether oxygens (including phenoxy) is 1. The molecule has 0 radical (unpaired) electrons. The van der Waals surface area contributed by atoms with Crippen LogP contribution in [0.4, 0.5) is 5.69 Å². The first-order valence-electron chi connectivity index (χ1n) is 5.73. The molecular weight excluding hydrogens is 246 g/mol. The van der Waals surface area contributed by atoms with Crippen molar-refractivity contribution in [3.8, 4) is 5.75 Å². The van der Waals surface area contributed by atoms with E-state index in [1.54, 1.807) is 0 Å². The van der Waals surface area contributed by atoms with Gasteiger partial charge in [-0.15, -0.1) is 0 Å². The summed E-state index contributed by atoms with van der Waals surface area (Å²) in [5.41, 5.74) is 3.42. The summed E-state index contributed by atoms with van der Waals surface area (Å²) in [5, 5.41) is 11.1. The van der Waals surface area contributed by atoms with Crippen LogP contribution >= 0.6 is 0 Å². The van der Waals surface area contributed by atoms with Crippen LogP contribution in [-0.4, -0.2) is 24.1 Å². The lowest BCUT2D eigenvalue weighted by molar-refractivity contribution is -0.131. The van der Waals surface area contributed by atoms with Crippen molar-refractivity contribution in [1.82, 2.24) is 0 Å². The third-order valence-electron chi connectivity index (χ3n) is 2.82. The predicted octanol–water partition coefficient (Wildman–Crippen LogP) is 2.20. The molecule has 0 aliphatic carbocycles. The average molecular weight is 263 g/mol. The van der Waals surface area contributed by atoms with Gasteiger partial charge < -0.3 is 15.2 Å². The Morgan fingerprint density at radius 3 is 2.37 bits per heavy atom. The van der Waals surface area contributed by atoms with E-state index >= 15 is 0 Å². The molecule has 0 unspecified atom stereocenters. The van der Waals surface area contributed by atoms with Crippen LogP contribution < -0.4 is 10.1 Å². The Bertz CT molecular complexity index is 547. The number of aryl methyl sites for hydroxylation is 2. The van der Waals surface area contributed by atoms with Gasteiger partial charge in [0.05, 0.1) is 12.8 Å². The van der Waals surface area contributed by atoms with Gasteiger partial charge in [-0.2, -0.15) is 0 Å². The van der Waals surface area contributed by atoms with Crippen LogP contribution in [0.25, 0.3) is 0 Å². The maximum Gasteiger partial charge on any atom is 0.328 e. The van der Waals surface area contributed by atoms with Crippen LogP contribution in [0.15, 0.2) is 18.2 Å². The summed E-state index contributed by atoms with van der Waals surface area (Å²) >= 11 is 0. The largest absolute Gasteiger partial charge is 0.494 e. The van der Waals surface area contributed by atoms with Crippen LogP contribution in [0.3, 0.4) is 0 Å². The molecule has 0 saturated carbocycles. The maximum absolute atomic E-state index is 11.6. The van der Waals surface area contributed by atoms with E-state index in [-0.39, 0.29) is 0 Å². The number of carboxylic acid groups (broad SMARTS) is 1. The lowest BCUT2D eigenvalue weighted by Gasteiger charge is -2.16. The third-order valence-corrected chi connectivity index (χ3v) is 2.82. The third kappa shape index (κ3) is 3.58. The molecular formula is C14H17NO4. The summed E-state index contributed by atoms with van der Waals surface area (Å²) in [6.07, 6.45) is 1.76. The van der Waals surface area contributed by atoms with Crippen molar-refractivity contribution in [2.45, 2.75) is 20.8 Å². The topological polar surface area (TPSA) is 75.6 Å². The number of hydrogen-bond donors (Lipinski definition) is 2. The zero-order valence-corrected chi connectivity index (χ0v) is 11.4. The Morgan fingerprint density at radius 2 is 1.84 bits per heavy atom. The summed E-state index contributed by atoms with van der Waals surface area (Å²) in [4.78, 5) is 22.0. The molecule has 0 aliphatic rings. The molecule has 1 rings (SSSR count). The molecule has 0 saturated heterocycles. The number of benzene rings is 1.